The molecule has 0 heterocycles. The third-order valence-electron chi connectivity index (χ3n) is 14.2. The van der Waals surface area contributed by atoms with E-state index < -0.39 is 32.5 Å². The molecule has 0 N–H and O–H groups in total. The molecule has 0 saturated heterocycles. The Labute approximate surface area is 598 Å². The van der Waals surface area contributed by atoms with Gasteiger partial charge in [-0.2, -0.15) is 0 Å². The Kier molecular flexibility index (Phi) is 69.4. The van der Waals surface area contributed by atoms with Crippen LogP contribution in [0.25, 0.3) is 0 Å². The first-order chi connectivity index (χ1) is 48.0. The number of carbonyl (C=O) groups is 2. The van der Waals surface area contributed by atoms with Crippen LogP contribution in [-0.4, -0.2) is 70.0 Å². The zero-order valence-electron chi connectivity index (χ0n) is 61.6. The standard InChI is InChI=1S/C88H132NO8P/c1-6-8-10-12-14-16-18-20-22-24-26-28-30-32-34-36-38-40-42-43-44-45-47-49-51-53-55-57-59-61-63-65-67-69-71-73-75-77-79-81-88(91)97-86(85-96-98(92,93)95-83-82-89(3,4)5)84-94-87(90)80-78-76-74-72-70-68-66-64-62-60-58-56-54-52-50-48-46-41-39-37-35-33-31-29-27-25-23-21-19-17-15-13-11-9-7-2/h8-11,14-17,20-23,26-29,32-35,38-41,43-44,47-50,53-56,59-62,65-68,71,73,86H,6-7,12-13,18-19,24-25,30-31,36-37,42,45-46,51-52,57-58,63-64,69-70,72,74-85H2,1-5H3/b10-8-,11-9-,16-14-,17-15-,22-20-,23-21-,28-26-,29-27-,34-32-,35-33-,40-38-,41-39-,44-43-,49-47-,50-48-,55-53-,56-54-,61-59-,62-60-,67-65-,68-66-,73-71-. The Morgan fingerprint density at radius 3 is 0.827 bits per heavy atom. The number of hydrogen-bond donors (Lipinski definition) is 0. The van der Waals surface area contributed by atoms with Gasteiger partial charge in [0, 0.05) is 12.8 Å². The van der Waals surface area contributed by atoms with Crippen molar-refractivity contribution in [3.63, 3.8) is 0 Å². The minimum absolute atomic E-state index is 0.0600. The number of phosphoric acid groups is 1. The molecule has 0 aromatic heterocycles. The molecule has 0 aliphatic heterocycles. The second-order valence-electron chi connectivity index (χ2n) is 24.5. The number of hydrogen-bond acceptors (Lipinski definition) is 8. The van der Waals surface area contributed by atoms with Gasteiger partial charge in [-0.3, -0.25) is 14.2 Å². The summed E-state index contributed by atoms with van der Waals surface area (Å²) in [6.07, 6.45) is 125. The lowest BCUT2D eigenvalue weighted by Crippen LogP contribution is -2.37. The third-order valence-corrected chi connectivity index (χ3v) is 15.2. The van der Waals surface area contributed by atoms with E-state index in [1.54, 1.807) is 0 Å². The molecule has 0 radical (unpaired) electrons. The minimum atomic E-state index is -4.69. The van der Waals surface area contributed by atoms with Gasteiger partial charge >= 0.3 is 11.9 Å². The SMILES string of the molecule is CC/C=C\C/C=C\C/C=C\C/C=C\C/C=C\C/C=C\C/C=C\C/C=C\C/C=C\C/C=C\C/C=C\C/C=C\CCCCC(=O)OC(COC(=O)CCCCCC/C=C\C/C=C\C/C=C\C/C=C\C/C=C\C/C=C\C/C=C\C/C=C\C/C=C\C/C=C\CC)COP(=O)([O-])OCC[N+](C)(C)C. The summed E-state index contributed by atoms with van der Waals surface area (Å²) in [5.74, 6) is -0.939. The summed E-state index contributed by atoms with van der Waals surface area (Å²) in [4.78, 5) is 38.1. The topological polar surface area (TPSA) is 111 Å². The lowest BCUT2D eigenvalue weighted by molar-refractivity contribution is -0.870. The van der Waals surface area contributed by atoms with Crippen LogP contribution in [0.3, 0.4) is 0 Å². The molecule has 10 heteroatoms. The average molecular weight is 1360 g/mol. The predicted octanol–water partition coefficient (Wildman–Crippen LogP) is 24.4. The molecule has 98 heavy (non-hydrogen) atoms. The molecule has 2 atom stereocenters. The van der Waals surface area contributed by atoms with Crippen molar-refractivity contribution in [2.75, 3.05) is 47.5 Å². The summed E-state index contributed by atoms with van der Waals surface area (Å²) in [7, 11) is 1.08. The van der Waals surface area contributed by atoms with Crippen molar-refractivity contribution in [1.29, 1.82) is 0 Å². The molecule has 0 aromatic rings. The van der Waals surface area contributed by atoms with Gasteiger partial charge in [0.15, 0.2) is 6.10 Å². The summed E-state index contributed by atoms with van der Waals surface area (Å²) in [5, 5.41) is 0. The Morgan fingerprint density at radius 2 is 0.551 bits per heavy atom. The molecule has 542 valence electrons. The zero-order valence-corrected chi connectivity index (χ0v) is 62.5. The number of phosphoric ester groups is 1. The van der Waals surface area contributed by atoms with E-state index in [9.17, 15) is 19.0 Å². The number of likely N-dealkylation sites (N-methyl/N-ethyl adjacent to an activating group) is 1. The summed E-state index contributed by atoms with van der Waals surface area (Å²) in [6.45, 7) is 3.88. The highest BCUT2D eigenvalue weighted by Gasteiger charge is 2.22. The van der Waals surface area contributed by atoms with Crippen molar-refractivity contribution in [2.45, 2.75) is 225 Å². The van der Waals surface area contributed by atoms with Crippen LogP contribution in [0.1, 0.15) is 219 Å². The van der Waals surface area contributed by atoms with Crippen molar-refractivity contribution in [2.24, 2.45) is 0 Å². The van der Waals surface area contributed by atoms with Crippen LogP contribution in [0.2, 0.25) is 0 Å². The average Bonchev–Trinajstić information content (AvgIpc) is 1.23. The van der Waals surface area contributed by atoms with Crippen molar-refractivity contribution < 1.29 is 42.1 Å². The summed E-state index contributed by atoms with van der Waals surface area (Å²) in [6, 6.07) is 0. The van der Waals surface area contributed by atoms with E-state index in [0.717, 1.165) is 180 Å². The molecule has 0 spiro atoms. The van der Waals surface area contributed by atoms with Gasteiger partial charge in [0.05, 0.1) is 27.7 Å². The fourth-order valence-corrected chi connectivity index (χ4v) is 9.39. The molecule has 9 nitrogen and oxygen atoms in total. The summed E-state index contributed by atoms with van der Waals surface area (Å²) in [5.41, 5.74) is 0. The highest BCUT2D eigenvalue weighted by Crippen LogP contribution is 2.38. The van der Waals surface area contributed by atoms with E-state index in [-0.39, 0.29) is 26.1 Å². The third kappa shape index (κ3) is 78.3. The van der Waals surface area contributed by atoms with Gasteiger partial charge in [0.25, 0.3) is 7.82 Å². The molecule has 0 amide bonds. The number of quaternary nitrogens is 1. The van der Waals surface area contributed by atoms with E-state index in [1.165, 1.54) is 0 Å². The van der Waals surface area contributed by atoms with Crippen LogP contribution in [0, 0.1) is 0 Å². The van der Waals surface area contributed by atoms with Gasteiger partial charge in [0.1, 0.15) is 19.8 Å². The molecular weight excluding hydrogens is 1230 g/mol. The van der Waals surface area contributed by atoms with Gasteiger partial charge in [0.2, 0.25) is 0 Å². The molecule has 0 rings (SSSR count). The Morgan fingerprint density at radius 1 is 0.316 bits per heavy atom. The molecule has 0 aromatic carbocycles. The minimum Gasteiger partial charge on any atom is -0.756 e. The number of nitrogens with zero attached hydrogens (tertiary/aromatic N) is 1. The van der Waals surface area contributed by atoms with Crippen LogP contribution in [0.5, 0.6) is 0 Å². The number of ether oxygens (including phenoxy) is 2. The lowest BCUT2D eigenvalue weighted by Gasteiger charge is -2.28. The van der Waals surface area contributed by atoms with Crippen LogP contribution < -0.4 is 4.89 Å². The molecule has 0 saturated carbocycles. The number of carbonyl (C=O) groups excluding carboxylic acids is 2. The second-order valence-corrected chi connectivity index (χ2v) is 25.9. The fraction of sp³-hybridized carbons (Fsp3) is 0.477. The van der Waals surface area contributed by atoms with E-state index in [1.807, 2.05) is 21.1 Å². The Balaban J connectivity index is 4.29. The number of unbranched alkanes of at least 4 members (excludes halogenated alkanes) is 6. The van der Waals surface area contributed by atoms with Gasteiger partial charge < -0.3 is 27.9 Å². The Bertz CT molecular complexity index is 2660. The van der Waals surface area contributed by atoms with E-state index >= 15 is 0 Å². The fourth-order valence-electron chi connectivity index (χ4n) is 8.66. The largest absolute Gasteiger partial charge is 0.756 e. The van der Waals surface area contributed by atoms with Gasteiger partial charge in [-0.25, -0.2) is 0 Å². The van der Waals surface area contributed by atoms with E-state index in [0.29, 0.717) is 23.9 Å². The van der Waals surface area contributed by atoms with Crippen molar-refractivity contribution in [1.82, 2.24) is 0 Å². The first-order valence-corrected chi connectivity index (χ1v) is 38.5. The lowest BCUT2D eigenvalue weighted by atomic mass is 10.1. The summed E-state index contributed by atoms with van der Waals surface area (Å²) >= 11 is 0. The number of allylic oxidation sites excluding steroid dienone is 44. The van der Waals surface area contributed by atoms with Crippen molar-refractivity contribution >= 4 is 19.8 Å². The quantitative estimate of drug-likeness (QED) is 0.0195. The second kappa shape index (κ2) is 74.5. The zero-order chi connectivity index (χ0) is 71.1. The summed E-state index contributed by atoms with van der Waals surface area (Å²) < 4.78 is 34.2. The molecule has 0 aliphatic carbocycles. The number of esters is 2. The van der Waals surface area contributed by atoms with Crippen LogP contribution in [-0.2, 0) is 32.7 Å². The normalized spacial score (nSPS) is 14.6. The monoisotopic (exact) mass is 1360 g/mol. The van der Waals surface area contributed by atoms with Crippen molar-refractivity contribution in [3.8, 4) is 0 Å². The molecule has 0 fully saturated rings. The first-order valence-electron chi connectivity index (χ1n) is 37.0. The molecule has 2 unspecified atom stereocenters. The predicted molar refractivity (Wildman–Crippen MR) is 423 cm³/mol. The molecule has 0 aliphatic rings. The van der Waals surface area contributed by atoms with Crippen LogP contribution in [0.4, 0.5) is 0 Å². The highest BCUT2D eigenvalue weighted by molar-refractivity contribution is 7.45. The molecular formula is C88H132NO8P. The Hall–Kier alpha value is -6.71. The maximum Gasteiger partial charge on any atom is 0.306 e. The van der Waals surface area contributed by atoms with Crippen LogP contribution >= 0.6 is 7.82 Å². The van der Waals surface area contributed by atoms with Gasteiger partial charge in [-0.05, 0) is 180 Å². The van der Waals surface area contributed by atoms with E-state index in [4.69, 9.17) is 18.5 Å². The van der Waals surface area contributed by atoms with Crippen molar-refractivity contribution in [3.05, 3.63) is 267 Å². The smallest absolute Gasteiger partial charge is 0.306 e. The maximum atomic E-state index is 12.9. The maximum absolute atomic E-state index is 12.9. The van der Waals surface area contributed by atoms with Gasteiger partial charge in [-0.15, -0.1) is 0 Å². The number of rotatable bonds is 64. The first kappa shape index (κ1) is 91.3. The van der Waals surface area contributed by atoms with Gasteiger partial charge in [-0.1, -0.05) is 294 Å². The van der Waals surface area contributed by atoms with Crippen LogP contribution in [0.15, 0.2) is 267 Å². The highest BCUT2D eigenvalue weighted by atomic mass is 31.2. The van der Waals surface area contributed by atoms with E-state index in [2.05, 4.69) is 281 Å². The molecule has 0 bridgehead atoms.